The van der Waals surface area contributed by atoms with Crippen LogP contribution in [0.3, 0.4) is 0 Å². The van der Waals surface area contributed by atoms with Crippen molar-refractivity contribution in [2.45, 2.75) is 17.5 Å². The van der Waals surface area contributed by atoms with Gasteiger partial charge in [0.1, 0.15) is 5.58 Å². The van der Waals surface area contributed by atoms with Crippen LogP contribution in [0.2, 0.25) is 0 Å². The van der Waals surface area contributed by atoms with Crippen molar-refractivity contribution in [2.24, 2.45) is 0 Å². The predicted octanol–water partition coefficient (Wildman–Crippen LogP) is 4.84. The highest BCUT2D eigenvalue weighted by Gasteiger charge is 2.13. The topological polar surface area (TPSA) is 57.3 Å². The summed E-state index contributed by atoms with van der Waals surface area (Å²) in [4.78, 5) is 16.7. The van der Waals surface area contributed by atoms with Gasteiger partial charge in [-0.15, -0.1) is 0 Å². The van der Waals surface area contributed by atoms with Crippen LogP contribution >= 0.6 is 27.7 Å². The zero-order chi connectivity index (χ0) is 18.8. The SMILES string of the molecule is COCCn1c(SCc2cc(=O)oc3cc(Br)ccc23)nc2ccccc21. The van der Waals surface area contributed by atoms with E-state index in [4.69, 9.17) is 14.1 Å². The average molecular weight is 445 g/mol. The van der Waals surface area contributed by atoms with E-state index in [1.54, 1.807) is 24.9 Å². The number of thioether (sulfide) groups is 1. The molecule has 7 heteroatoms. The minimum atomic E-state index is -0.343. The lowest BCUT2D eigenvalue weighted by atomic mass is 10.1. The molecule has 2 heterocycles. The monoisotopic (exact) mass is 444 g/mol. The minimum absolute atomic E-state index is 0.343. The number of hydrogen-bond donors (Lipinski definition) is 0. The molecule has 0 aliphatic heterocycles. The molecule has 0 bridgehead atoms. The third-order valence-electron chi connectivity index (χ3n) is 4.29. The Balaban J connectivity index is 1.70. The molecule has 2 aromatic heterocycles. The lowest BCUT2D eigenvalue weighted by molar-refractivity contribution is 0.186. The summed E-state index contributed by atoms with van der Waals surface area (Å²) in [6, 6.07) is 15.4. The Morgan fingerprint density at radius 1 is 1.22 bits per heavy atom. The molecule has 0 N–H and O–H groups in total. The van der Waals surface area contributed by atoms with Crippen LogP contribution in [0.1, 0.15) is 5.56 Å². The Labute approximate surface area is 168 Å². The van der Waals surface area contributed by atoms with Gasteiger partial charge < -0.3 is 13.7 Å². The van der Waals surface area contributed by atoms with Crippen molar-refractivity contribution < 1.29 is 9.15 Å². The number of hydrogen-bond acceptors (Lipinski definition) is 5. The number of aromatic nitrogens is 2. The van der Waals surface area contributed by atoms with Gasteiger partial charge in [-0.1, -0.05) is 39.8 Å². The molecule has 138 valence electrons. The predicted molar refractivity (Wildman–Crippen MR) is 111 cm³/mol. The van der Waals surface area contributed by atoms with E-state index in [9.17, 15) is 4.79 Å². The van der Waals surface area contributed by atoms with Gasteiger partial charge >= 0.3 is 5.63 Å². The zero-order valence-corrected chi connectivity index (χ0v) is 17.0. The van der Waals surface area contributed by atoms with Crippen LogP contribution in [0, 0.1) is 0 Å². The van der Waals surface area contributed by atoms with Gasteiger partial charge in [0, 0.05) is 35.3 Å². The summed E-state index contributed by atoms with van der Waals surface area (Å²) in [5.74, 6) is 0.625. The van der Waals surface area contributed by atoms with Crippen LogP contribution in [-0.2, 0) is 17.0 Å². The van der Waals surface area contributed by atoms with Crippen LogP contribution in [0.4, 0.5) is 0 Å². The minimum Gasteiger partial charge on any atom is -0.423 e. The quantitative estimate of drug-likeness (QED) is 0.314. The molecule has 0 aliphatic carbocycles. The van der Waals surface area contributed by atoms with Crippen molar-refractivity contribution in [3.63, 3.8) is 0 Å². The van der Waals surface area contributed by atoms with Gasteiger partial charge in [0.15, 0.2) is 5.16 Å². The van der Waals surface area contributed by atoms with E-state index in [0.717, 1.165) is 38.2 Å². The van der Waals surface area contributed by atoms with Crippen LogP contribution in [0.25, 0.3) is 22.0 Å². The number of para-hydroxylation sites is 2. The first kappa shape index (κ1) is 18.3. The molecule has 0 atom stereocenters. The van der Waals surface area contributed by atoms with E-state index in [1.165, 1.54) is 0 Å². The van der Waals surface area contributed by atoms with Crippen molar-refractivity contribution >= 4 is 49.7 Å². The first-order chi connectivity index (χ1) is 13.2. The number of imidazole rings is 1. The first-order valence-electron chi connectivity index (χ1n) is 8.45. The molecule has 0 saturated heterocycles. The molecule has 0 amide bonds. The molecule has 0 aliphatic rings. The van der Waals surface area contributed by atoms with E-state index < -0.39 is 0 Å². The normalized spacial score (nSPS) is 11.5. The zero-order valence-electron chi connectivity index (χ0n) is 14.6. The molecular formula is C20H17BrN2O3S. The van der Waals surface area contributed by atoms with Gasteiger partial charge in [-0.25, -0.2) is 9.78 Å². The standard InChI is InChI=1S/C20H17BrN2O3S/c1-25-9-8-23-17-5-3-2-4-16(17)22-20(23)27-12-13-10-19(24)26-18-11-14(21)6-7-15(13)18/h2-7,10-11H,8-9,12H2,1H3. The Morgan fingerprint density at radius 3 is 2.93 bits per heavy atom. The van der Waals surface area contributed by atoms with Gasteiger partial charge in [-0.3, -0.25) is 0 Å². The molecule has 4 rings (SSSR count). The average Bonchev–Trinajstić information content (AvgIpc) is 3.01. The molecule has 0 radical (unpaired) electrons. The Morgan fingerprint density at radius 2 is 2.07 bits per heavy atom. The Kier molecular flexibility index (Phi) is 5.33. The van der Waals surface area contributed by atoms with E-state index >= 15 is 0 Å². The number of ether oxygens (including phenoxy) is 1. The third kappa shape index (κ3) is 3.81. The first-order valence-corrected chi connectivity index (χ1v) is 10.2. The van der Waals surface area contributed by atoms with Gasteiger partial charge in [-0.2, -0.15) is 0 Å². The summed E-state index contributed by atoms with van der Waals surface area (Å²) in [5, 5.41) is 1.84. The molecule has 0 spiro atoms. The molecule has 0 unspecified atom stereocenters. The highest BCUT2D eigenvalue weighted by molar-refractivity contribution is 9.10. The van der Waals surface area contributed by atoms with E-state index in [2.05, 4.69) is 26.6 Å². The molecule has 0 fully saturated rings. The number of rotatable bonds is 6. The molecular weight excluding hydrogens is 428 g/mol. The van der Waals surface area contributed by atoms with Crippen molar-refractivity contribution in [1.29, 1.82) is 0 Å². The van der Waals surface area contributed by atoms with Crippen molar-refractivity contribution in [3.8, 4) is 0 Å². The van der Waals surface area contributed by atoms with E-state index in [1.807, 2.05) is 36.4 Å². The molecule has 27 heavy (non-hydrogen) atoms. The summed E-state index contributed by atoms with van der Waals surface area (Å²) in [5.41, 5.74) is 3.21. The Bertz CT molecular complexity index is 1170. The van der Waals surface area contributed by atoms with E-state index in [-0.39, 0.29) is 5.63 Å². The second-order valence-corrected chi connectivity index (χ2v) is 7.91. The maximum absolute atomic E-state index is 11.9. The summed E-state index contributed by atoms with van der Waals surface area (Å²) in [6.07, 6.45) is 0. The largest absolute Gasteiger partial charge is 0.423 e. The second kappa shape index (κ2) is 7.88. The van der Waals surface area contributed by atoms with Crippen molar-refractivity contribution in [2.75, 3.05) is 13.7 Å². The third-order valence-corrected chi connectivity index (χ3v) is 5.81. The maximum atomic E-state index is 11.9. The van der Waals surface area contributed by atoms with Crippen LogP contribution in [0.15, 0.2) is 67.4 Å². The van der Waals surface area contributed by atoms with Crippen LogP contribution < -0.4 is 5.63 Å². The van der Waals surface area contributed by atoms with Crippen LogP contribution in [-0.4, -0.2) is 23.3 Å². The number of fused-ring (bicyclic) bond motifs is 2. The summed E-state index contributed by atoms with van der Waals surface area (Å²) >= 11 is 5.03. The fraction of sp³-hybridized carbons (Fsp3) is 0.200. The lowest BCUT2D eigenvalue weighted by Gasteiger charge is -2.09. The number of nitrogens with zero attached hydrogens (tertiary/aromatic N) is 2. The van der Waals surface area contributed by atoms with E-state index in [0.29, 0.717) is 17.9 Å². The summed E-state index contributed by atoms with van der Waals surface area (Å²) in [6.45, 7) is 1.34. The smallest absolute Gasteiger partial charge is 0.336 e. The van der Waals surface area contributed by atoms with Gasteiger partial charge in [0.05, 0.1) is 17.6 Å². The number of halogens is 1. The second-order valence-electron chi connectivity index (χ2n) is 6.05. The van der Waals surface area contributed by atoms with Gasteiger partial charge in [0.25, 0.3) is 0 Å². The number of methoxy groups -OCH3 is 1. The van der Waals surface area contributed by atoms with Gasteiger partial charge in [-0.05, 0) is 35.9 Å². The molecule has 4 aromatic rings. The maximum Gasteiger partial charge on any atom is 0.336 e. The van der Waals surface area contributed by atoms with Crippen LogP contribution in [0.5, 0.6) is 0 Å². The highest BCUT2D eigenvalue weighted by Crippen LogP contribution is 2.29. The van der Waals surface area contributed by atoms with Crippen molar-refractivity contribution in [1.82, 2.24) is 9.55 Å². The lowest BCUT2D eigenvalue weighted by Crippen LogP contribution is -2.06. The summed E-state index contributed by atoms with van der Waals surface area (Å²) < 4.78 is 13.6. The van der Waals surface area contributed by atoms with Crippen molar-refractivity contribution in [3.05, 3.63) is 69.0 Å². The fourth-order valence-electron chi connectivity index (χ4n) is 3.03. The summed E-state index contributed by atoms with van der Waals surface area (Å²) in [7, 11) is 1.69. The molecule has 5 nitrogen and oxygen atoms in total. The fourth-order valence-corrected chi connectivity index (χ4v) is 4.40. The molecule has 2 aromatic carbocycles. The highest BCUT2D eigenvalue weighted by atomic mass is 79.9. The van der Waals surface area contributed by atoms with Gasteiger partial charge in [0.2, 0.25) is 0 Å². The molecule has 0 saturated carbocycles. The number of benzene rings is 2. The Hall–Kier alpha value is -2.09.